The van der Waals surface area contributed by atoms with Gasteiger partial charge in [-0.05, 0) is 31.1 Å². The van der Waals surface area contributed by atoms with E-state index >= 15 is 0 Å². The normalized spacial score (nSPS) is 22.4. The monoisotopic (exact) mass is 219 g/mol. The fourth-order valence-electron chi connectivity index (χ4n) is 2.58. The van der Waals surface area contributed by atoms with Crippen molar-refractivity contribution in [2.24, 2.45) is 12.5 Å². The highest BCUT2D eigenvalue weighted by Crippen LogP contribution is 2.53. The van der Waals surface area contributed by atoms with Gasteiger partial charge in [-0.3, -0.25) is 9.48 Å². The number of hydrogen-bond donors (Lipinski definition) is 0. The first kappa shape index (κ1) is 9.87. The zero-order valence-electron chi connectivity index (χ0n) is 9.65. The molecule has 2 aliphatic rings. The van der Waals surface area contributed by atoms with Crippen molar-refractivity contribution in [3.8, 4) is 0 Å². The van der Waals surface area contributed by atoms with Crippen molar-refractivity contribution in [2.45, 2.75) is 25.7 Å². The Morgan fingerprint density at radius 2 is 2.00 bits per heavy atom. The van der Waals surface area contributed by atoms with E-state index in [1.54, 1.807) is 17.1 Å². The Hall–Kier alpha value is -1.32. The van der Waals surface area contributed by atoms with Gasteiger partial charge in [-0.1, -0.05) is 0 Å². The van der Waals surface area contributed by atoms with Crippen molar-refractivity contribution in [1.29, 1.82) is 0 Å². The molecule has 0 aromatic carbocycles. The molecule has 1 saturated carbocycles. The van der Waals surface area contributed by atoms with Crippen LogP contribution < -0.4 is 0 Å². The second-order valence-corrected chi connectivity index (χ2v) is 5.19. The van der Waals surface area contributed by atoms with Crippen LogP contribution in [-0.4, -0.2) is 33.7 Å². The molecule has 1 aromatic rings. The third-order valence-corrected chi connectivity index (χ3v) is 4.02. The van der Waals surface area contributed by atoms with E-state index in [1.807, 2.05) is 11.9 Å². The number of carbonyl (C=O) groups excluding carboxylic acids is 1. The highest BCUT2D eigenvalue weighted by atomic mass is 16.2. The molecule has 1 saturated heterocycles. The summed E-state index contributed by atoms with van der Waals surface area (Å²) in [4.78, 5) is 14.1. The van der Waals surface area contributed by atoms with Crippen LogP contribution >= 0.6 is 0 Å². The van der Waals surface area contributed by atoms with Gasteiger partial charge in [0, 0.05) is 26.3 Å². The summed E-state index contributed by atoms with van der Waals surface area (Å²) in [6.45, 7) is 1.85. The Morgan fingerprint density at radius 3 is 2.50 bits per heavy atom. The molecule has 4 heteroatoms. The highest BCUT2D eigenvalue weighted by molar-refractivity contribution is 5.93. The second-order valence-electron chi connectivity index (χ2n) is 5.19. The van der Waals surface area contributed by atoms with Crippen LogP contribution in [0, 0.1) is 5.41 Å². The van der Waals surface area contributed by atoms with Crippen LogP contribution in [-0.2, 0) is 7.05 Å². The smallest absolute Gasteiger partial charge is 0.257 e. The molecule has 1 aromatic heterocycles. The Balaban J connectivity index is 1.67. The Labute approximate surface area is 95.2 Å². The lowest BCUT2D eigenvalue weighted by Crippen LogP contribution is -2.38. The van der Waals surface area contributed by atoms with E-state index in [4.69, 9.17) is 0 Å². The highest BCUT2D eigenvalue weighted by Gasteiger charge is 2.45. The number of aryl methyl sites for hydroxylation is 1. The summed E-state index contributed by atoms with van der Waals surface area (Å²) in [6, 6.07) is 0. The molecule has 2 fully saturated rings. The molecule has 2 heterocycles. The lowest BCUT2D eigenvalue weighted by Gasteiger charge is -2.31. The van der Waals surface area contributed by atoms with E-state index in [9.17, 15) is 4.79 Å². The maximum Gasteiger partial charge on any atom is 0.257 e. The van der Waals surface area contributed by atoms with Gasteiger partial charge >= 0.3 is 0 Å². The SMILES string of the molecule is Cn1cc(C(=O)N2CCC3(CC2)CC3)cn1. The number of nitrogens with zero attached hydrogens (tertiary/aromatic N) is 3. The third-order valence-electron chi connectivity index (χ3n) is 4.02. The molecule has 1 spiro atoms. The van der Waals surface area contributed by atoms with Crippen LogP contribution in [0.4, 0.5) is 0 Å². The van der Waals surface area contributed by atoms with Gasteiger partial charge in [0.15, 0.2) is 0 Å². The van der Waals surface area contributed by atoms with E-state index < -0.39 is 0 Å². The van der Waals surface area contributed by atoms with Gasteiger partial charge in [0.25, 0.3) is 5.91 Å². The van der Waals surface area contributed by atoms with Gasteiger partial charge in [-0.15, -0.1) is 0 Å². The Bertz CT molecular complexity index is 410. The standard InChI is InChI=1S/C12H17N3O/c1-14-9-10(8-13-14)11(16)15-6-4-12(2-3-12)5-7-15/h8-9H,2-7H2,1H3. The van der Waals surface area contributed by atoms with Gasteiger partial charge in [0.1, 0.15) is 0 Å². The minimum atomic E-state index is 0.142. The fraction of sp³-hybridized carbons (Fsp3) is 0.667. The maximum atomic E-state index is 12.1. The molecule has 0 atom stereocenters. The molecule has 4 nitrogen and oxygen atoms in total. The van der Waals surface area contributed by atoms with Crippen molar-refractivity contribution in [3.63, 3.8) is 0 Å². The molecule has 0 radical (unpaired) electrons. The summed E-state index contributed by atoms with van der Waals surface area (Å²) < 4.78 is 1.68. The number of aromatic nitrogens is 2. The fourth-order valence-corrected chi connectivity index (χ4v) is 2.58. The minimum absolute atomic E-state index is 0.142. The Morgan fingerprint density at radius 1 is 1.31 bits per heavy atom. The molecule has 16 heavy (non-hydrogen) atoms. The number of rotatable bonds is 1. The quantitative estimate of drug-likeness (QED) is 0.716. The van der Waals surface area contributed by atoms with Crippen LogP contribution in [0.5, 0.6) is 0 Å². The molecule has 3 rings (SSSR count). The molecule has 0 N–H and O–H groups in total. The van der Waals surface area contributed by atoms with Crippen LogP contribution in [0.15, 0.2) is 12.4 Å². The van der Waals surface area contributed by atoms with Crippen molar-refractivity contribution >= 4 is 5.91 Å². The summed E-state index contributed by atoms with van der Waals surface area (Å²) in [5.41, 5.74) is 1.35. The summed E-state index contributed by atoms with van der Waals surface area (Å²) in [6.07, 6.45) is 8.59. The van der Waals surface area contributed by atoms with Crippen LogP contribution in [0.1, 0.15) is 36.0 Å². The number of amides is 1. The number of hydrogen-bond acceptors (Lipinski definition) is 2. The molecule has 0 unspecified atom stereocenters. The van der Waals surface area contributed by atoms with Crippen LogP contribution in [0.25, 0.3) is 0 Å². The van der Waals surface area contributed by atoms with E-state index in [2.05, 4.69) is 5.10 Å². The lowest BCUT2D eigenvalue weighted by atomic mass is 9.93. The molecular formula is C12H17N3O. The summed E-state index contributed by atoms with van der Waals surface area (Å²) >= 11 is 0. The summed E-state index contributed by atoms with van der Waals surface area (Å²) in [7, 11) is 1.84. The second kappa shape index (κ2) is 3.34. The zero-order chi connectivity index (χ0) is 11.2. The first-order valence-electron chi connectivity index (χ1n) is 5.97. The van der Waals surface area contributed by atoms with Crippen LogP contribution in [0.2, 0.25) is 0 Å². The number of piperidine rings is 1. The molecular weight excluding hydrogens is 202 g/mol. The first-order valence-corrected chi connectivity index (χ1v) is 5.97. The average molecular weight is 219 g/mol. The van der Waals surface area contributed by atoms with Crippen molar-refractivity contribution in [2.75, 3.05) is 13.1 Å². The molecule has 86 valence electrons. The van der Waals surface area contributed by atoms with E-state index in [0.29, 0.717) is 11.0 Å². The van der Waals surface area contributed by atoms with Gasteiger partial charge in [-0.2, -0.15) is 5.10 Å². The zero-order valence-corrected chi connectivity index (χ0v) is 9.65. The third kappa shape index (κ3) is 1.62. The molecule has 1 aliphatic carbocycles. The van der Waals surface area contributed by atoms with E-state index in [-0.39, 0.29) is 5.91 Å². The largest absolute Gasteiger partial charge is 0.339 e. The van der Waals surface area contributed by atoms with E-state index in [0.717, 1.165) is 13.1 Å². The van der Waals surface area contributed by atoms with Gasteiger partial charge in [-0.25, -0.2) is 0 Å². The van der Waals surface area contributed by atoms with Crippen molar-refractivity contribution < 1.29 is 4.79 Å². The van der Waals surface area contributed by atoms with Crippen LogP contribution in [0.3, 0.4) is 0 Å². The van der Waals surface area contributed by atoms with Crippen molar-refractivity contribution in [1.82, 2.24) is 14.7 Å². The minimum Gasteiger partial charge on any atom is -0.339 e. The predicted octanol–water partition coefficient (Wildman–Crippen LogP) is 1.44. The summed E-state index contributed by atoms with van der Waals surface area (Å²) in [5, 5.41) is 4.04. The molecule has 1 aliphatic heterocycles. The van der Waals surface area contributed by atoms with E-state index in [1.165, 1.54) is 25.7 Å². The van der Waals surface area contributed by atoms with Gasteiger partial charge in [0.05, 0.1) is 11.8 Å². The molecule has 1 amide bonds. The molecule has 0 bridgehead atoms. The predicted molar refractivity (Wildman–Crippen MR) is 60.0 cm³/mol. The van der Waals surface area contributed by atoms with Gasteiger partial charge < -0.3 is 4.90 Å². The number of carbonyl (C=O) groups is 1. The average Bonchev–Trinajstić information content (AvgIpc) is 2.89. The number of likely N-dealkylation sites (tertiary alicyclic amines) is 1. The van der Waals surface area contributed by atoms with Crippen molar-refractivity contribution in [3.05, 3.63) is 18.0 Å². The maximum absolute atomic E-state index is 12.1. The van der Waals surface area contributed by atoms with Gasteiger partial charge in [0.2, 0.25) is 0 Å². The first-order chi connectivity index (χ1) is 7.69. The topological polar surface area (TPSA) is 38.1 Å². The Kier molecular flexibility index (Phi) is 2.06. The summed E-state index contributed by atoms with van der Waals surface area (Å²) in [5.74, 6) is 0.142. The lowest BCUT2D eigenvalue weighted by molar-refractivity contribution is 0.0678.